The zero-order valence-electron chi connectivity index (χ0n) is 13.5. The number of halogens is 3. The van der Waals surface area contributed by atoms with Crippen molar-refractivity contribution in [3.63, 3.8) is 0 Å². The van der Waals surface area contributed by atoms with Gasteiger partial charge < -0.3 is 9.73 Å². The molecule has 3 aromatic heterocycles. The molecule has 0 radical (unpaired) electrons. The zero-order valence-corrected chi connectivity index (χ0v) is 13.5. The third-order valence-electron chi connectivity index (χ3n) is 3.71. The number of hydrogen-bond acceptors (Lipinski definition) is 4. The molecule has 132 valence electrons. The maximum Gasteiger partial charge on any atom is 0.433 e. The highest BCUT2D eigenvalue weighted by atomic mass is 19.4. The van der Waals surface area contributed by atoms with Crippen LogP contribution in [0.25, 0.3) is 17.1 Å². The molecule has 1 unspecified atom stereocenters. The number of hydrogen-bond donors (Lipinski definition) is 1. The second kappa shape index (κ2) is 6.23. The van der Waals surface area contributed by atoms with Gasteiger partial charge in [-0.1, -0.05) is 6.92 Å². The maximum atomic E-state index is 13.4. The third kappa shape index (κ3) is 3.35. The van der Waals surface area contributed by atoms with E-state index in [1.54, 1.807) is 13.0 Å². The lowest BCUT2D eigenvalue weighted by atomic mass is 10.2. The van der Waals surface area contributed by atoms with Gasteiger partial charge in [0.05, 0.1) is 6.26 Å². The van der Waals surface area contributed by atoms with Crippen LogP contribution in [0, 0.1) is 0 Å². The lowest BCUT2D eigenvalue weighted by Crippen LogP contribution is -2.32. The van der Waals surface area contributed by atoms with Crippen LogP contribution >= 0.6 is 0 Å². The summed E-state index contributed by atoms with van der Waals surface area (Å²) in [6.07, 6.45) is -2.64. The number of aromatic nitrogens is 3. The van der Waals surface area contributed by atoms with Crippen molar-refractivity contribution < 1.29 is 22.4 Å². The Morgan fingerprint density at radius 1 is 1.40 bits per heavy atom. The number of alkyl halides is 3. The van der Waals surface area contributed by atoms with Gasteiger partial charge in [0.1, 0.15) is 5.69 Å². The Hall–Kier alpha value is -2.84. The van der Waals surface area contributed by atoms with E-state index in [2.05, 4.69) is 15.4 Å². The van der Waals surface area contributed by atoms with Gasteiger partial charge in [-0.25, -0.2) is 9.50 Å². The van der Waals surface area contributed by atoms with Crippen molar-refractivity contribution in [2.75, 3.05) is 0 Å². The van der Waals surface area contributed by atoms with Crippen molar-refractivity contribution in [3.05, 3.63) is 41.9 Å². The summed E-state index contributed by atoms with van der Waals surface area (Å²) in [5, 5.41) is 6.45. The number of nitrogens with one attached hydrogen (secondary N) is 1. The Kier molecular flexibility index (Phi) is 4.23. The van der Waals surface area contributed by atoms with Crippen molar-refractivity contribution in [2.45, 2.75) is 32.5 Å². The predicted molar refractivity (Wildman–Crippen MR) is 82.9 cm³/mol. The van der Waals surface area contributed by atoms with E-state index in [4.69, 9.17) is 4.42 Å². The van der Waals surface area contributed by atoms with E-state index in [0.29, 0.717) is 10.9 Å². The van der Waals surface area contributed by atoms with Crippen LogP contribution < -0.4 is 5.32 Å². The van der Waals surface area contributed by atoms with E-state index < -0.39 is 17.8 Å². The van der Waals surface area contributed by atoms with Gasteiger partial charge in [0.25, 0.3) is 5.91 Å². The summed E-state index contributed by atoms with van der Waals surface area (Å²) in [7, 11) is 0. The van der Waals surface area contributed by atoms with Crippen LogP contribution in [-0.4, -0.2) is 26.5 Å². The minimum absolute atomic E-state index is 0.0126. The first-order valence-electron chi connectivity index (χ1n) is 7.62. The van der Waals surface area contributed by atoms with E-state index in [1.807, 2.05) is 6.92 Å². The molecule has 1 atom stereocenters. The third-order valence-corrected chi connectivity index (χ3v) is 3.71. The molecule has 1 amide bonds. The maximum absolute atomic E-state index is 13.4. The van der Waals surface area contributed by atoms with Gasteiger partial charge in [0.2, 0.25) is 0 Å². The fraction of sp³-hybridized carbons (Fsp3) is 0.312. The summed E-state index contributed by atoms with van der Waals surface area (Å²) < 4.78 is 45.9. The molecule has 3 heterocycles. The number of fused-ring (bicyclic) bond motifs is 1. The molecule has 3 aromatic rings. The first kappa shape index (κ1) is 17.0. The van der Waals surface area contributed by atoms with Crippen molar-refractivity contribution >= 4 is 11.6 Å². The van der Waals surface area contributed by atoms with Crippen LogP contribution in [0.5, 0.6) is 0 Å². The summed E-state index contributed by atoms with van der Waals surface area (Å²) in [5.74, 6) is -0.354. The molecule has 3 rings (SSSR count). The van der Waals surface area contributed by atoms with Crippen molar-refractivity contribution in [2.24, 2.45) is 0 Å². The SMILES string of the molecule is CCC(C)NC(=O)c1cc2nc(-c3ccco3)cc(C(F)(F)F)n2n1. The van der Waals surface area contributed by atoms with Crippen LogP contribution in [0.3, 0.4) is 0 Å². The highest BCUT2D eigenvalue weighted by molar-refractivity contribution is 5.93. The summed E-state index contributed by atoms with van der Waals surface area (Å²) in [5.41, 5.74) is -1.24. The second-order valence-corrected chi connectivity index (χ2v) is 5.58. The normalized spacial score (nSPS) is 13.2. The number of carbonyl (C=O) groups excluding carboxylic acids is 1. The van der Waals surface area contributed by atoms with Gasteiger partial charge in [-0.2, -0.15) is 18.3 Å². The van der Waals surface area contributed by atoms with Crippen molar-refractivity contribution in [1.29, 1.82) is 0 Å². The number of furan rings is 1. The fourth-order valence-corrected chi connectivity index (χ4v) is 2.24. The van der Waals surface area contributed by atoms with Crippen LogP contribution in [0.4, 0.5) is 13.2 Å². The van der Waals surface area contributed by atoms with Gasteiger partial charge in [-0.15, -0.1) is 0 Å². The van der Waals surface area contributed by atoms with E-state index in [1.165, 1.54) is 18.4 Å². The summed E-state index contributed by atoms with van der Waals surface area (Å²) in [4.78, 5) is 16.3. The highest BCUT2D eigenvalue weighted by Crippen LogP contribution is 2.32. The fourth-order valence-electron chi connectivity index (χ4n) is 2.24. The molecule has 0 fully saturated rings. The molecular formula is C16H15F3N4O2. The molecule has 25 heavy (non-hydrogen) atoms. The molecule has 6 nitrogen and oxygen atoms in total. The minimum Gasteiger partial charge on any atom is -0.463 e. The van der Waals surface area contributed by atoms with E-state index in [-0.39, 0.29) is 28.8 Å². The van der Waals surface area contributed by atoms with Crippen LogP contribution in [-0.2, 0) is 6.18 Å². The van der Waals surface area contributed by atoms with E-state index in [0.717, 1.165) is 6.07 Å². The molecule has 0 bridgehead atoms. The topological polar surface area (TPSA) is 72.4 Å². The quantitative estimate of drug-likeness (QED) is 0.780. The molecule has 0 saturated heterocycles. The summed E-state index contributed by atoms with van der Waals surface area (Å²) in [6.45, 7) is 3.68. The number of nitrogens with zero attached hydrogens (tertiary/aromatic N) is 3. The first-order chi connectivity index (χ1) is 11.8. The van der Waals surface area contributed by atoms with Gasteiger partial charge >= 0.3 is 6.18 Å². The van der Waals surface area contributed by atoms with Gasteiger partial charge in [-0.3, -0.25) is 4.79 Å². The Morgan fingerprint density at radius 3 is 2.76 bits per heavy atom. The van der Waals surface area contributed by atoms with Crippen LogP contribution in [0.1, 0.15) is 36.5 Å². The first-order valence-corrected chi connectivity index (χ1v) is 7.62. The Bertz CT molecular complexity index is 900. The monoisotopic (exact) mass is 352 g/mol. The van der Waals surface area contributed by atoms with Gasteiger partial charge in [0.15, 0.2) is 22.8 Å². The number of carbonyl (C=O) groups is 1. The summed E-state index contributed by atoms with van der Waals surface area (Å²) >= 11 is 0. The van der Waals surface area contributed by atoms with Crippen LogP contribution in [0.15, 0.2) is 34.9 Å². The lowest BCUT2D eigenvalue weighted by Gasteiger charge is -2.10. The Labute approximate surface area is 140 Å². The molecular weight excluding hydrogens is 337 g/mol. The van der Waals surface area contributed by atoms with E-state index in [9.17, 15) is 18.0 Å². The smallest absolute Gasteiger partial charge is 0.433 e. The second-order valence-electron chi connectivity index (χ2n) is 5.58. The van der Waals surface area contributed by atoms with Gasteiger partial charge in [-0.05, 0) is 31.5 Å². The molecule has 0 aliphatic rings. The molecule has 0 aliphatic heterocycles. The average Bonchev–Trinajstić information content (AvgIpc) is 3.21. The molecule has 0 aliphatic carbocycles. The lowest BCUT2D eigenvalue weighted by molar-refractivity contribution is -0.142. The zero-order chi connectivity index (χ0) is 18.2. The number of rotatable bonds is 4. The molecule has 0 spiro atoms. The Balaban J connectivity index is 2.12. The number of amides is 1. The highest BCUT2D eigenvalue weighted by Gasteiger charge is 2.36. The van der Waals surface area contributed by atoms with Crippen molar-refractivity contribution in [1.82, 2.24) is 19.9 Å². The van der Waals surface area contributed by atoms with E-state index >= 15 is 0 Å². The standard InChI is InChI=1S/C16H15F3N4O2/c1-3-9(2)20-15(24)11-8-14-21-10(12-5-4-6-25-12)7-13(16(17,18)19)23(14)22-11/h4-9H,3H2,1-2H3,(H,20,24). The van der Waals surface area contributed by atoms with Crippen LogP contribution in [0.2, 0.25) is 0 Å². The van der Waals surface area contributed by atoms with Gasteiger partial charge in [0, 0.05) is 12.1 Å². The molecule has 0 aromatic carbocycles. The molecule has 1 N–H and O–H groups in total. The largest absolute Gasteiger partial charge is 0.463 e. The minimum atomic E-state index is -4.67. The average molecular weight is 352 g/mol. The Morgan fingerprint density at radius 2 is 2.16 bits per heavy atom. The predicted octanol–water partition coefficient (Wildman–Crippen LogP) is 3.54. The molecule has 9 heteroatoms. The molecule has 0 saturated carbocycles. The summed E-state index contributed by atoms with van der Waals surface area (Å²) in [6, 6.07) is 5.00. The van der Waals surface area contributed by atoms with Crippen molar-refractivity contribution in [3.8, 4) is 11.5 Å².